The number of fused-ring (bicyclic) bond motifs is 1. The summed E-state index contributed by atoms with van der Waals surface area (Å²) in [5.74, 6) is -1.05. The molecule has 1 atom stereocenters. The van der Waals surface area contributed by atoms with Crippen LogP contribution in [-0.2, 0) is 15.7 Å². The van der Waals surface area contributed by atoms with Crippen LogP contribution in [0, 0.1) is 11.2 Å². The molecule has 1 aromatic carbocycles. The van der Waals surface area contributed by atoms with E-state index in [1.807, 2.05) is 18.9 Å². The van der Waals surface area contributed by atoms with Crippen molar-refractivity contribution in [3.63, 3.8) is 0 Å². The molecule has 2 fully saturated rings. The van der Waals surface area contributed by atoms with Crippen LogP contribution in [-0.4, -0.2) is 95.3 Å². The number of methoxy groups -OCH3 is 1. The quantitative estimate of drug-likeness (QED) is 0.181. The molecule has 16 heteroatoms. The number of ether oxygens (including phenoxy) is 1. The standard InChI is InChI=1S/C33H38F4N8O3.Na/c1-20(11-28(46)47)44-7-9-45(10-8-44)27-17-38-25(16-39-27)30-41-29-26(43(2)18-32(19-48-3)5-4-6-32)15-24(40-31(29)42-30)21-12-22(33(35,36)37)14-23(34)13-21;/h12-17,20H,4-11,18-19H2,1-3H3,(H,46,47)(H,40,41,42);/q;+1/p-1. The number of nitrogens with zero attached hydrogens (tertiary/aromatic N) is 7. The summed E-state index contributed by atoms with van der Waals surface area (Å²) in [6.07, 6.45) is 1.52. The number of carboxylic acid groups (broad SMARTS) is 1. The third-order valence-electron chi connectivity index (χ3n) is 9.41. The summed E-state index contributed by atoms with van der Waals surface area (Å²) >= 11 is 0. The summed E-state index contributed by atoms with van der Waals surface area (Å²) in [7, 11) is 3.56. The van der Waals surface area contributed by atoms with E-state index < -0.39 is 23.5 Å². The number of benzene rings is 1. The first kappa shape index (κ1) is 36.9. The maximum absolute atomic E-state index is 14.5. The van der Waals surface area contributed by atoms with Crippen LogP contribution >= 0.6 is 0 Å². The number of aromatic amines is 1. The minimum Gasteiger partial charge on any atom is -0.550 e. The summed E-state index contributed by atoms with van der Waals surface area (Å²) < 4.78 is 60.7. The molecule has 0 spiro atoms. The van der Waals surface area contributed by atoms with Gasteiger partial charge in [0.15, 0.2) is 11.5 Å². The van der Waals surface area contributed by atoms with Crippen molar-refractivity contribution in [2.24, 2.45) is 5.41 Å². The van der Waals surface area contributed by atoms with Gasteiger partial charge < -0.3 is 29.4 Å². The molecule has 1 unspecified atom stereocenters. The van der Waals surface area contributed by atoms with Crippen molar-refractivity contribution in [2.45, 2.75) is 44.8 Å². The first-order chi connectivity index (χ1) is 22.8. The van der Waals surface area contributed by atoms with Gasteiger partial charge in [0, 0.05) is 76.3 Å². The molecule has 1 saturated carbocycles. The zero-order valence-electron chi connectivity index (χ0n) is 28.0. The smallest absolute Gasteiger partial charge is 0.550 e. The summed E-state index contributed by atoms with van der Waals surface area (Å²) in [5.41, 5.74) is 0.843. The van der Waals surface area contributed by atoms with Crippen LogP contribution in [0.25, 0.3) is 33.9 Å². The zero-order valence-corrected chi connectivity index (χ0v) is 30.0. The summed E-state index contributed by atoms with van der Waals surface area (Å²) in [6, 6.07) is 3.92. The van der Waals surface area contributed by atoms with Crippen LogP contribution < -0.4 is 44.5 Å². The number of nitrogens with one attached hydrogen (secondary N) is 1. The fourth-order valence-corrected chi connectivity index (χ4v) is 6.73. The Labute approximate surface area is 303 Å². The van der Waals surface area contributed by atoms with Crippen LogP contribution in [0.3, 0.4) is 0 Å². The number of piperazine rings is 1. The molecule has 4 heterocycles. The van der Waals surface area contributed by atoms with Crippen LogP contribution in [0.15, 0.2) is 36.7 Å². The number of rotatable bonds is 11. The third-order valence-corrected chi connectivity index (χ3v) is 9.41. The number of aromatic nitrogens is 5. The number of aliphatic carboxylic acids is 1. The topological polar surface area (TPSA) is 126 Å². The molecule has 4 aromatic rings. The number of carboxylic acids is 1. The van der Waals surface area contributed by atoms with E-state index in [-0.39, 0.29) is 64.3 Å². The fourth-order valence-electron chi connectivity index (χ4n) is 6.73. The van der Waals surface area contributed by atoms with Crippen molar-refractivity contribution in [1.82, 2.24) is 29.8 Å². The first-order valence-electron chi connectivity index (χ1n) is 15.8. The first-order valence-corrected chi connectivity index (χ1v) is 15.8. The van der Waals surface area contributed by atoms with E-state index in [4.69, 9.17) is 4.74 Å². The molecule has 256 valence electrons. The summed E-state index contributed by atoms with van der Waals surface area (Å²) in [5, 5.41) is 11.0. The largest absolute Gasteiger partial charge is 1.00 e. The van der Waals surface area contributed by atoms with Gasteiger partial charge in [0.25, 0.3) is 0 Å². The van der Waals surface area contributed by atoms with Crippen molar-refractivity contribution >= 4 is 28.6 Å². The second kappa shape index (κ2) is 14.9. The Hall–Kier alpha value is -3.37. The van der Waals surface area contributed by atoms with E-state index in [1.165, 1.54) is 0 Å². The summed E-state index contributed by atoms with van der Waals surface area (Å²) in [4.78, 5) is 38.9. The number of pyridine rings is 1. The number of imidazole rings is 1. The number of hydrogen-bond donors (Lipinski definition) is 1. The Morgan fingerprint density at radius 1 is 1.08 bits per heavy atom. The average Bonchev–Trinajstić information content (AvgIpc) is 3.47. The predicted molar refractivity (Wildman–Crippen MR) is 170 cm³/mol. The van der Waals surface area contributed by atoms with Crippen LogP contribution in [0.5, 0.6) is 0 Å². The monoisotopic (exact) mass is 692 g/mol. The molecule has 1 aliphatic heterocycles. The van der Waals surface area contributed by atoms with Gasteiger partial charge in [0.1, 0.15) is 22.8 Å². The molecule has 1 aliphatic carbocycles. The van der Waals surface area contributed by atoms with Crippen molar-refractivity contribution in [2.75, 3.05) is 63.3 Å². The van der Waals surface area contributed by atoms with Gasteiger partial charge in [-0.2, -0.15) is 13.2 Å². The fraction of sp³-hybridized carbons (Fsp3) is 0.485. The molecule has 1 saturated heterocycles. The van der Waals surface area contributed by atoms with Crippen molar-refractivity contribution in [1.29, 1.82) is 0 Å². The van der Waals surface area contributed by atoms with Crippen molar-refractivity contribution < 1.29 is 61.8 Å². The molecule has 11 nitrogen and oxygen atoms in total. The third kappa shape index (κ3) is 8.17. The van der Waals surface area contributed by atoms with Crippen LogP contribution in [0.1, 0.15) is 38.2 Å². The minimum absolute atomic E-state index is 0. The van der Waals surface area contributed by atoms with Crippen LogP contribution in [0.2, 0.25) is 0 Å². The van der Waals surface area contributed by atoms with Gasteiger partial charge in [-0.05, 0) is 44.0 Å². The second-order valence-electron chi connectivity index (χ2n) is 12.9. The van der Waals surface area contributed by atoms with Gasteiger partial charge in [0.05, 0.1) is 35.9 Å². The van der Waals surface area contributed by atoms with Crippen LogP contribution in [0.4, 0.5) is 29.1 Å². The molecule has 49 heavy (non-hydrogen) atoms. The number of carbonyl (C=O) groups excluding carboxylic acids is 1. The van der Waals surface area contributed by atoms with Crippen molar-refractivity contribution in [3.8, 4) is 22.8 Å². The Balaban J connectivity index is 0.00000468. The Morgan fingerprint density at radius 3 is 2.41 bits per heavy atom. The van der Waals surface area contributed by atoms with Gasteiger partial charge in [0.2, 0.25) is 0 Å². The molecular weight excluding hydrogens is 655 g/mol. The molecule has 6 rings (SSSR count). The van der Waals surface area contributed by atoms with Gasteiger partial charge >= 0.3 is 35.7 Å². The minimum atomic E-state index is -4.73. The van der Waals surface area contributed by atoms with Crippen molar-refractivity contribution in [3.05, 3.63) is 48.0 Å². The van der Waals surface area contributed by atoms with Gasteiger partial charge in [-0.3, -0.25) is 4.90 Å². The number of anilines is 2. The molecule has 1 N–H and O–H groups in total. The Bertz CT molecular complexity index is 1780. The SMILES string of the molecule is COCC1(CN(C)c2cc(-c3cc(F)cc(C(F)(F)F)c3)nc3nc(-c4cnc(N5CCN(C(C)CC(=O)[O-])CC5)cn4)[nH]c23)CCC1.[Na+]. The second-order valence-corrected chi connectivity index (χ2v) is 12.9. The molecule has 0 radical (unpaired) electrons. The predicted octanol–water partition coefficient (Wildman–Crippen LogP) is 1.15. The zero-order chi connectivity index (χ0) is 34.2. The van der Waals surface area contributed by atoms with E-state index in [1.54, 1.807) is 25.6 Å². The Kier molecular flexibility index (Phi) is 11.2. The maximum Gasteiger partial charge on any atom is 1.00 e. The Morgan fingerprint density at radius 2 is 1.82 bits per heavy atom. The summed E-state index contributed by atoms with van der Waals surface area (Å²) in [6.45, 7) is 5.72. The normalized spacial score (nSPS) is 17.0. The number of H-pyrrole nitrogens is 1. The van der Waals surface area contributed by atoms with Gasteiger partial charge in [-0.15, -0.1) is 0 Å². The van der Waals surface area contributed by atoms with E-state index in [0.29, 0.717) is 73.9 Å². The number of hydrogen-bond acceptors (Lipinski definition) is 10. The number of halogens is 4. The van der Waals surface area contributed by atoms with Gasteiger partial charge in [-0.1, -0.05) is 6.42 Å². The van der Waals surface area contributed by atoms with E-state index in [0.717, 1.165) is 31.4 Å². The molecule has 0 bridgehead atoms. The molecule has 2 aliphatic rings. The molecular formula is C33H37F4N8NaO3. The maximum atomic E-state index is 14.5. The number of carbonyl (C=O) groups is 1. The van der Waals surface area contributed by atoms with E-state index in [9.17, 15) is 27.5 Å². The average molecular weight is 693 g/mol. The molecule has 3 aromatic heterocycles. The van der Waals surface area contributed by atoms with Gasteiger partial charge in [-0.25, -0.2) is 24.3 Å². The van der Waals surface area contributed by atoms with E-state index in [2.05, 4.69) is 34.7 Å². The number of alkyl halides is 3. The van der Waals surface area contributed by atoms with E-state index >= 15 is 0 Å². The molecule has 0 amide bonds.